The van der Waals surface area contributed by atoms with Crippen LogP contribution in [0.4, 0.5) is 0 Å². The van der Waals surface area contributed by atoms with Gasteiger partial charge in [-0.05, 0) is 48.2 Å². The van der Waals surface area contributed by atoms with Gasteiger partial charge in [-0.3, -0.25) is 4.48 Å². The fraction of sp³-hybridized carbons (Fsp3) is 0.345. The number of phenolic OH excluding ortho intramolecular Hbond substituents is 1. The van der Waals surface area contributed by atoms with Crippen molar-refractivity contribution >= 4 is 16.6 Å². The summed E-state index contributed by atoms with van der Waals surface area (Å²) in [6.07, 6.45) is 10.6. The molecule has 1 spiro atoms. The van der Waals surface area contributed by atoms with Crippen LogP contribution in [0.2, 0.25) is 0 Å². The minimum absolute atomic E-state index is 0.272. The van der Waals surface area contributed by atoms with E-state index >= 15 is 0 Å². The number of aromatic hydroxyl groups is 1. The largest absolute Gasteiger partial charge is 0.508 e. The number of allylic oxidation sites excluding steroid dienone is 2. The number of hydrogen-bond donors (Lipinski definition) is 2. The molecule has 168 valence electrons. The lowest BCUT2D eigenvalue weighted by Crippen LogP contribution is -2.68. The fourth-order valence-electron chi connectivity index (χ4n) is 6.38. The second-order valence-corrected chi connectivity index (χ2v) is 9.79. The van der Waals surface area contributed by atoms with E-state index in [-0.39, 0.29) is 12.3 Å². The van der Waals surface area contributed by atoms with E-state index in [1.54, 1.807) is 0 Å². The van der Waals surface area contributed by atoms with E-state index in [1.165, 1.54) is 30.7 Å². The molecule has 2 heterocycles. The lowest BCUT2D eigenvalue weighted by atomic mass is 9.88. The first-order valence-corrected chi connectivity index (χ1v) is 12.4. The predicted molar refractivity (Wildman–Crippen MR) is 134 cm³/mol. The third-order valence-electron chi connectivity index (χ3n) is 7.91. The van der Waals surface area contributed by atoms with Crippen molar-refractivity contribution in [3.05, 3.63) is 90.0 Å². The molecular weight excluding hydrogens is 406 g/mol. The number of amidine groups is 1. The van der Waals surface area contributed by atoms with E-state index in [0.717, 1.165) is 46.8 Å². The van der Waals surface area contributed by atoms with Gasteiger partial charge >= 0.3 is 0 Å². The van der Waals surface area contributed by atoms with Gasteiger partial charge in [0.25, 0.3) is 0 Å². The lowest BCUT2D eigenvalue weighted by molar-refractivity contribution is -0.866. The Bertz CT molecular complexity index is 1210. The van der Waals surface area contributed by atoms with Gasteiger partial charge in [0, 0.05) is 24.3 Å². The van der Waals surface area contributed by atoms with Crippen LogP contribution in [0.15, 0.2) is 83.9 Å². The smallest absolute Gasteiger partial charge is 0.233 e. The van der Waals surface area contributed by atoms with Crippen molar-refractivity contribution in [3.8, 4) is 5.75 Å². The number of nitrogens with zero attached hydrogens (tertiary/aromatic N) is 2. The average Bonchev–Trinajstić information content (AvgIpc) is 3.35. The molecule has 3 unspecified atom stereocenters. The molecule has 6 rings (SSSR count). The third-order valence-corrected chi connectivity index (χ3v) is 7.91. The SMILES string of the molecule is Oc1ccc2ccccc2c1C1N=C(c2ccccc2)[N+]2(CCCC2)C(C2CC=CCC2)N1. The maximum atomic E-state index is 11.0. The van der Waals surface area contributed by atoms with Crippen LogP contribution in [-0.4, -0.2) is 34.7 Å². The molecule has 3 aromatic carbocycles. The van der Waals surface area contributed by atoms with Gasteiger partial charge in [0.05, 0.1) is 18.7 Å². The molecule has 2 aliphatic heterocycles. The van der Waals surface area contributed by atoms with Crippen molar-refractivity contribution in [2.24, 2.45) is 10.9 Å². The zero-order chi connectivity index (χ0) is 22.3. The van der Waals surface area contributed by atoms with E-state index < -0.39 is 0 Å². The molecule has 4 heteroatoms. The zero-order valence-electron chi connectivity index (χ0n) is 19.0. The first-order valence-electron chi connectivity index (χ1n) is 12.4. The highest BCUT2D eigenvalue weighted by atomic mass is 16.3. The normalized spacial score (nSPS) is 26.5. The Hall–Kier alpha value is -2.95. The maximum Gasteiger partial charge on any atom is 0.233 e. The number of aliphatic imine (C=N–C) groups is 1. The standard InChI is InChI=1S/C29H31N3O/c33-25-18-17-21-11-7-8-16-24(21)26(25)27-30-28(22-12-3-1-4-13-22)32(19-9-10-20-32)29(31-27)23-14-5-2-6-15-23/h1-5,7-8,11-13,16-18,23,27,29,31H,6,9-10,14-15,19-20H2/p+1. The summed E-state index contributed by atoms with van der Waals surface area (Å²) in [6, 6.07) is 22.9. The first kappa shape index (κ1) is 20.6. The van der Waals surface area contributed by atoms with E-state index in [4.69, 9.17) is 4.99 Å². The molecule has 0 aromatic heterocycles. The Balaban J connectivity index is 1.56. The molecule has 1 saturated heterocycles. The van der Waals surface area contributed by atoms with Gasteiger partial charge in [-0.25, -0.2) is 10.3 Å². The van der Waals surface area contributed by atoms with Crippen LogP contribution in [0.25, 0.3) is 10.8 Å². The van der Waals surface area contributed by atoms with E-state index in [2.05, 4.69) is 66.0 Å². The minimum atomic E-state index is -0.272. The topological polar surface area (TPSA) is 44.6 Å². The predicted octanol–water partition coefficient (Wildman–Crippen LogP) is 5.89. The van der Waals surface area contributed by atoms with Crippen molar-refractivity contribution in [3.63, 3.8) is 0 Å². The van der Waals surface area contributed by atoms with Gasteiger partial charge in [-0.2, -0.15) is 0 Å². The van der Waals surface area contributed by atoms with E-state index in [9.17, 15) is 5.11 Å². The number of rotatable bonds is 3. The van der Waals surface area contributed by atoms with Crippen LogP contribution in [-0.2, 0) is 0 Å². The van der Waals surface area contributed by atoms with Crippen LogP contribution in [0, 0.1) is 5.92 Å². The minimum Gasteiger partial charge on any atom is -0.508 e. The van der Waals surface area contributed by atoms with Gasteiger partial charge in [0.15, 0.2) is 6.17 Å². The highest BCUT2D eigenvalue weighted by Crippen LogP contribution is 2.42. The lowest BCUT2D eigenvalue weighted by Gasteiger charge is -2.49. The van der Waals surface area contributed by atoms with Gasteiger partial charge in [0.1, 0.15) is 11.9 Å². The molecular formula is C29H32N3O+. The summed E-state index contributed by atoms with van der Waals surface area (Å²) in [7, 11) is 0. The number of fused-ring (bicyclic) bond motifs is 1. The summed E-state index contributed by atoms with van der Waals surface area (Å²) in [6.45, 7) is 2.25. The summed E-state index contributed by atoms with van der Waals surface area (Å²) in [5.74, 6) is 2.06. The third kappa shape index (κ3) is 3.49. The molecule has 3 aliphatic rings. The summed E-state index contributed by atoms with van der Waals surface area (Å²) >= 11 is 0. The Morgan fingerprint density at radius 3 is 2.45 bits per heavy atom. The van der Waals surface area contributed by atoms with Gasteiger partial charge in [-0.15, -0.1) is 0 Å². The molecule has 1 fully saturated rings. The number of hydrogen-bond acceptors (Lipinski definition) is 3. The number of benzene rings is 3. The van der Waals surface area contributed by atoms with Crippen molar-refractivity contribution < 1.29 is 9.59 Å². The fourth-order valence-corrected chi connectivity index (χ4v) is 6.38. The molecule has 0 radical (unpaired) electrons. The summed E-state index contributed by atoms with van der Waals surface area (Å²) in [4.78, 5) is 5.41. The van der Waals surface area contributed by atoms with Gasteiger partial charge in [0.2, 0.25) is 5.84 Å². The number of quaternary nitrogens is 1. The second kappa shape index (κ2) is 8.44. The number of phenols is 1. The van der Waals surface area contributed by atoms with E-state index in [0.29, 0.717) is 11.7 Å². The summed E-state index contributed by atoms with van der Waals surface area (Å²) in [5, 5.41) is 17.2. The maximum absolute atomic E-state index is 11.0. The van der Waals surface area contributed by atoms with Crippen molar-refractivity contribution in [2.45, 2.75) is 44.4 Å². The van der Waals surface area contributed by atoms with Crippen LogP contribution in [0.1, 0.15) is 49.4 Å². The highest BCUT2D eigenvalue weighted by Gasteiger charge is 2.52. The van der Waals surface area contributed by atoms with Crippen molar-refractivity contribution in [2.75, 3.05) is 13.1 Å². The molecule has 0 amide bonds. The van der Waals surface area contributed by atoms with Crippen LogP contribution in [0.5, 0.6) is 5.75 Å². The second-order valence-electron chi connectivity index (χ2n) is 9.79. The number of nitrogens with one attached hydrogen (secondary N) is 1. The highest BCUT2D eigenvalue weighted by molar-refractivity contribution is 5.95. The quantitative estimate of drug-likeness (QED) is 0.396. The average molecular weight is 439 g/mol. The van der Waals surface area contributed by atoms with Gasteiger partial charge < -0.3 is 5.11 Å². The first-order chi connectivity index (χ1) is 16.3. The Kier molecular flexibility index (Phi) is 5.28. The molecule has 1 aliphatic carbocycles. The van der Waals surface area contributed by atoms with Crippen molar-refractivity contribution in [1.82, 2.24) is 5.32 Å². The van der Waals surface area contributed by atoms with Crippen LogP contribution < -0.4 is 5.32 Å². The molecule has 4 nitrogen and oxygen atoms in total. The Morgan fingerprint density at radius 2 is 1.67 bits per heavy atom. The summed E-state index contributed by atoms with van der Waals surface area (Å²) in [5.41, 5.74) is 2.11. The van der Waals surface area contributed by atoms with Crippen LogP contribution in [0.3, 0.4) is 0 Å². The Labute approximate surface area is 195 Å². The van der Waals surface area contributed by atoms with Crippen LogP contribution >= 0.6 is 0 Å². The molecule has 3 aromatic rings. The molecule has 3 atom stereocenters. The molecule has 0 bridgehead atoms. The molecule has 2 N–H and O–H groups in total. The molecule has 0 saturated carbocycles. The Morgan fingerprint density at radius 1 is 0.879 bits per heavy atom. The molecule has 33 heavy (non-hydrogen) atoms. The summed E-state index contributed by atoms with van der Waals surface area (Å²) < 4.78 is 0.921. The van der Waals surface area contributed by atoms with Crippen molar-refractivity contribution in [1.29, 1.82) is 0 Å². The monoisotopic (exact) mass is 438 g/mol. The zero-order valence-corrected chi connectivity index (χ0v) is 19.0. The van der Waals surface area contributed by atoms with E-state index in [1.807, 2.05) is 18.2 Å². The van der Waals surface area contributed by atoms with Gasteiger partial charge in [-0.1, -0.05) is 60.7 Å².